The zero-order valence-corrected chi connectivity index (χ0v) is 11.0. The quantitative estimate of drug-likeness (QED) is 0.783. The molecule has 2 heteroatoms. The van der Waals surface area contributed by atoms with Gasteiger partial charge in [0.2, 0.25) is 0 Å². The number of benzene rings is 1. The fraction of sp³-hybridized carbons (Fsp3) is 0.538. The summed E-state index contributed by atoms with van der Waals surface area (Å²) in [5.41, 5.74) is 1.46. The first-order chi connectivity index (χ1) is 7.18. The average Bonchev–Trinajstić information content (AvgIpc) is 2.67. The molecule has 15 heavy (non-hydrogen) atoms. The molecule has 82 valence electrons. The second-order valence-electron chi connectivity index (χ2n) is 4.54. The largest absolute Gasteiger partial charge is 0.294 e. The zero-order valence-electron chi connectivity index (χ0n) is 9.41. The van der Waals surface area contributed by atoms with Crippen molar-refractivity contribution in [2.75, 3.05) is 6.54 Å². The van der Waals surface area contributed by atoms with Crippen LogP contribution in [0.25, 0.3) is 0 Å². The molecule has 0 N–H and O–H groups in total. The summed E-state index contributed by atoms with van der Waals surface area (Å²) >= 11 is 3.48. The van der Waals surface area contributed by atoms with E-state index < -0.39 is 0 Å². The van der Waals surface area contributed by atoms with E-state index in [1.54, 1.807) is 0 Å². The van der Waals surface area contributed by atoms with Gasteiger partial charge in [0, 0.05) is 16.6 Å². The van der Waals surface area contributed by atoms with E-state index in [0.717, 1.165) is 0 Å². The third-order valence-corrected chi connectivity index (χ3v) is 3.74. The van der Waals surface area contributed by atoms with Crippen molar-refractivity contribution < 1.29 is 0 Å². The van der Waals surface area contributed by atoms with Gasteiger partial charge in [0.15, 0.2) is 0 Å². The van der Waals surface area contributed by atoms with Crippen molar-refractivity contribution in [2.24, 2.45) is 0 Å². The van der Waals surface area contributed by atoms with Gasteiger partial charge in [-0.15, -0.1) is 0 Å². The lowest BCUT2D eigenvalue weighted by Crippen LogP contribution is -2.30. The minimum absolute atomic E-state index is 0.637. The van der Waals surface area contributed by atoms with Crippen molar-refractivity contribution in [1.82, 2.24) is 4.90 Å². The van der Waals surface area contributed by atoms with Crippen LogP contribution in [0.15, 0.2) is 28.7 Å². The molecule has 0 aromatic heterocycles. The summed E-state index contributed by atoms with van der Waals surface area (Å²) < 4.78 is 1.17. The van der Waals surface area contributed by atoms with Crippen molar-refractivity contribution in [3.63, 3.8) is 0 Å². The lowest BCUT2D eigenvalue weighted by atomic mass is 10.0. The van der Waals surface area contributed by atoms with E-state index in [0.29, 0.717) is 12.1 Å². The van der Waals surface area contributed by atoms with Gasteiger partial charge in [-0.05, 0) is 50.9 Å². The minimum atomic E-state index is 0.637. The zero-order chi connectivity index (χ0) is 10.8. The summed E-state index contributed by atoms with van der Waals surface area (Å²) in [7, 11) is 0. The first-order valence-electron chi connectivity index (χ1n) is 5.69. The lowest BCUT2D eigenvalue weighted by molar-refractivity contribution is 0.205. The molecule has 1 heterocycles. The molecule has 1 nitrogen and oxygen atoms in total. The molecule has 1 aliphatic rings. The maximum absolute atomic E-state index is 3.48. The summed E-state index contributed by atoms with van der Waals surface area (Å²) in [5.74, 6) is 0. The van der Waals surface area contributed by atoms with Gasteiger partial charge < -0.3 is 0 Å². The van der Waals surface area contributed by atoms with Crippen LogP contribution in [0.4, 0.5) is 0 Å². The Kier molecular flexibility index (Phi) is 3.47. The van der Waals surface area contributed by atoms with Gasteiger partial charge in [0.1, 0.15) is 0 Å². The Morgan fingerprint density at radius 3 is 2.53 bits per heavy atom. The normalized spacial score (nSPS) is 22.5. The fourth-order valence-electron chi connectivity index (χ4n) is 2.45. The molecular weight excluding hydrogens is 250 g/mol. The Hall–Kier alpha value is -0.340. The number of hydrogen-bond acceptors (Lipinski definition) is 1. The van der Waals surface area contributed by atoms with Crippen molar-refractivity contribution in [3.05, 3.63) is 34.3 Å². The van der Waals surface area contributed by atoms with Crippen LogP contribution in [0, 0.1) is 0 Å². The molecule has 1 aromatic carbocycles. The van der Waals surface area contributed by atoms with E-state index in [2.05, 4.69) is 58.9 Å². The molecule has 1 aliphatic heterocycles. The van der Waals surface area contributed by atoms with Crippen molar-refractivity contribution in [1.29, 1.82) is 0 Å². The Labute approximate surface area is 101 Å². The van der Waals surface area contributed by atoms with Crippen LogP contribution >= 0.6 is 15.9 Å². The van der Waals surface area contributed by atoms with Gasteiger partial charge >= 0.3 is 0 Å². The van der Waals surface area contributed by atoms with Crippen LogP contribution in [-0.2, 0) is 0 Å². The SMILES string of the molecule is CC(C)N1CCCC1c1ccc(Br)cc1. The summed E-state index contributed by atoms with van der Waals surface area (Å²) in [6.45, 7) is 5.83. The van der Waals surface area contributed by atoms with Gasteiger partial charge in [-0.1, -0.05) is 28.1 Å². The van der Waals surface area contributed by atoms with E-state index in [9.17, 15) is 0 Å². The van der Waals surface area contributed by atoms with Gasteiger partial charge in [-0.25, -0.2) is 0 Å². The molecule has 1 atom stereocenters. The average molecular weight is 268 g/mol. The molecule has 0 bridgehead atoms. The third kappa shape index (κ3) is 2.43. The molecule has 0 aliphatic carbocycles. The predicted octanol–water partition coefficient (Wildman–Crippen LogP) is 3.99. The maximum atomic E-state index is 3.48. The highest BCUT2D eigenvalue weighted by Gasteiger charge is 2.27. The maximum Gasteiger partial charge on any atom is 0.0351 e. The first-order valence-corrected chi connectivity index (χ1v) is 6.49. The Balaban J connectivity index is 2.19. The highest BCUT2D eigenvalue weighted by Crippen LogP contribution is 2.33. The molecule has 0 saturated carbocycles. The van der Waals surface area contributed by atoms with Crippen LogP contribution in [0.1, 0.15) is 38.3 Å². The molecule has 1 unspecified atom stereocenters. The Morgan fingerprint density at radius 2 is 1.93 bits per heavy atom. The Bertz CT molecular complexity index is 318. The smallest absolute Gasteiger partial charge is 0.0351 e. The van der Waals surface area contributed by atoms with Crippen molar-refractivity contribution in [3.8, 4) is 0 Å². The molecule has 1 saturated heterocycles. The number of nitrogens with zero attached hydrogens (tertiary/aromatic N) is 1. The lowest BCUT2D eigenvalue weighted by Gasteiger charge is -2.28. The number of likely N-dealkylation sites (tertiary alicyclic amines) is 1. The Morgan fingerprint density at radius 1 is 1.27 bits per heavy atom. The molecule has 0 radical (unpaired) electrons. The van der Waals surface area contributed by atoms with Gasteiger partial charge in [0.25, 0.3) is 0 Å². The van der Waals surface area contributed by atoms with Crippen LogP contribution in [-0.4, -0.2) is 17.5 Å². The molecule has 1 aromatic rings. The second-order valence-corrected chi connectivity index (χ2v) is 5.46. The summed E-state index contributed by atoms with van der Waals surface area (Å²) in [6, 6.07) is 10.1. The highest BCUT2D eigenvalue weighted by molar-refractivity contribution is 9.10. The van der Waals surface area contributed by atoms with Crippen molar-refractivity contribution in [2.45, 2.75) is 38.8 Å². The van der Waals surface area contributed by atoms with Crippen LogP contribution < -0.4 is 0 Å². The van der Waals surface area contributed by atoms with Gasteiger partial charge in [-0.3, -0.25) is 4.90 Å². The second kappa shape index (κ2) is 4.67. The van der Waals surface area contributed by atoms with Crippen LogP contribution in [0.3, 0.4) is 0 Å². The topological polar surface area (TPSA) is 3.24 Å². The van der Waals surface area contributed by atoms with Gasteiger partial charge in [-0.2, -0.15) is 0 Å². The van der Waals surface area contributed by atoms with E-state index in [1.807, 2.05) is 0 Å². The molecular formula is C13H18BrN. The van der Waals surface area contributed by atoms with E-state index in [1.165, 1.54) is 29.4 Å². The standard InChI is InChI=1S/C13H18BrN/c1-10(2)15-9-3-4-13(15)11-5-7-12(14)8-6-11/h5-8,10,13H,3-4,9H2,1-2H3. The number of rotatable bonds is 2. The summed E-state index contributed by atoms with van der Waals surface area (Å²) in [6.07, 6.45) is 2.64. The summed E-state index contributed by atoms with van der Waals surface area (Å²) in [5, 5.41) is 0. The van der Waals surface area contributed by atoms with E-state index in [4.69, 9.17) is 0 Å². The highest BCUT2D eigenvalue weighted by atomic mass is 79.9. The first kappa shape index (κ1) is 11.2. The van der Waals surface area contributed by atoms with E-state index in [-0.39, 0.29) is 0 Å². The number of halogens is 1. The number of hydrogen-bond donors (Lipinski definition) is 0. The fourth-order valence-corrected chi connectivity index (χ4v) is 2.71. The van der Waals surface area contributed by atoms with Gasteiger partial charge in [0.05, 0.1) is 0 Å². The third-order valence-electron chi connectivity index (χ3n) is 3.21. The molecule has 0 amide bonds. The molecule has 0 spiro atoms. The van der Waals surface area contributed by atoms with Crippen molar-refractivity contribution >= 4 is 15.9 Å². The molecule has 1 fully saturated rings. The van der Waals surface area contributed by atoms with Crippen LogP contribution in [0.2, 0.25) is 0 Å². The van der Waals surface area contributed by atoms with E-state index >= 15 is 0 Å². The summed E-state index contributed by atoms with van der Waals surface area (Å²) in [4.78, 5) is 2.60. The monoisotopic (exact) mass is 267 g/mol. The van der Waals surface area contributed by atoms with Crippen LogP contribution in [0.5, 0.6) is 0 Å². The minimum Gasteiger partial charge on any atom is -0.294 e. The predicted molar refractivity (Wildman–Crippen MR) is 68.0 cm³/mol. The molecule has 2 rings (SSSR count).